The number of methoxy groups -OCH3 is 1. The van der Waals surface area contributed by atoms with E-state index in [-0.39, 0.29) is 17.5 Å². The molecule has 2 heterocycles. The number of aromatic amines is 1. The minimum absolute atomic E-state index is 0.0664. The number of H-pyrrole nitrogens is 1. The molecular formula is C20H24F2N6O4S. The highest BCUT2D eigenvalue weighted by atomic mass is 32.2. The van der Waals surface area contributed by atoms with Crippen LogP contribution in [0.25, 0.3) is 11.0 Å². The number of ketones is 1. The predicted octanol–water partition coefficient (Wildman–Crippen LogP) is 2.52. The standard InChI is InChI=1S/C20H24F2N6O4S/c1-4-28(2)33(30,31)27-14-7-6-13(21)16(17(14)22)18(29)12-10-24-20-15(12)19(25-11-26-20)23-8-5-9-32-3/h6-7,10-11,27H,4-5,8-9H2,1-3H3,(H2,23,24,25,26). The Balaban J connectivity index is 2.02. The van der Waals surface area contributed by atoms with Crippen LogP contribution < -0.4 is 10.0 Å². The van der Waals surface area contributed by atoms with E-state index in [1.165, 1.54) is 19.6 Å². The zero-order valence-corrected chi connectivity index (χ0v) is 19.1. The lowest BCUT2D eigenvalue weighted by atomic mass is 10.0. The third-order valence-electron chi connectivity index (χ3n) is 4.94. The second kappa shape index (κ2) is 10.2. The second-order valence-corrected chi connectivity index (χ2v) is 8.83. The Morgan fingerprint density at radius 2 is 2.03 bits per heavy atom. The van der Waals surface area contributed by atoms with E-state index in [4.69, 9.17) is 4.74 Å². The average molecular weight is 483 g/mol. The molecule has 0 amide bonds. The molecule has 13 heteroatoms. The van der Waals surface area contributed by atoms with Gasteiger partial charge in [0.15, 0.2) is 5.82 Å². The van der Waals surface area contributed by atoms with Crippen LogP contribution in [0.1, 0.15) is 29.3 Å². The molecule has 0 fully saturated rings. The minimum Gasteiger partial charge on any atom is -0.385 e. The third kappa shape index (κ3) is 5.10. The summed E-state index contributed by atoms with van der Waals surface area (Å²) in [4.78, 5) is 24.2. The largest absolute Gasteiger partial charge is 0.385 e. The molecule has 3 N–H and O–H groups in total. The van der Waals surface area contributed by atoms with Crippen molar-refractivity contribution in [2.75, 3.05) is 43.9 Å². The van der Waals surface area contributed by atoms with Crippen molar-refractivity contribution in [2.24, 2.45) is 0 Å². The first-order valence-electron chi connectivity index (χ1n) is 10.0. The summed E-state index contributed by atoms with van der Waals surface area (Å²) in [5, 5.41) is 3.32. The zero-order valence-electron chi connectivity index (χ0n) is 18.3. The van der Waals surface area contributed by atoms with Crippen molar-refractivity contribution < 1.29 is 26.7 Å². The number of carbonyl (C=O) groups excluding carboxylic acids is 1. The predicted molar refractivity (Wildman–Crippen MR) is 120 cm³/mol. The van der Waals surface area contributed by atoms with Crippen LogP contribution in [0.5, 0.6) is 0 Å². The first-order chi connectivity index (χ1) is 15.7. The van der Waals surface area contributed by atoms with Gasteiger partial charge in [-0.05, 0) is 18.6 Å². The maximum atomic E-state index is 15.2. The van der Waals surface area contributed by atoms with E-state index in [1.54, 1.807) is 14.0 Å². The third-order valence-corrected chi connectivity index (χ3v) is 6.50. The average Bonchev–Trinajstić information content (AvgIpc) is 3.23. The molecule has 3 rings (SSSR count). The Labute approximate surface area is 189 Å². The molecule has 10 nitrogen and oxygen atoms in total. The molecule has 0 bridgehead atoms. The Kier molecular flexibility index (Phi) is 7.56. The number of ether oxygens (including phenoxy) is 1. The van der Waals surface area contributed by atoms with E-state index in [0.29, 0.717) is 31.0 Å². The maximum absolute atomic E-state index is 15.2. The van der Waals surface area contributed by atoms with Crippen LogP contribution in [0.4, 0.5) is 20.3 Å². The van der Waals surface area contributed by atoms with E-state index in [9.17, 15) is 17.6 Å². The van der Waals surface area contributed by atoms with Gasteiger partial charge in [-0.3, -0.25) is 9.52 Å². The lowest BCUT2D eigenvalue weighted by Crippen LogP contribution is -2.32. The van der Waals surface area contributed by atoms with Crippen LogP contribution in [0.3, 0.4) is 0 Å². The van der Waals surface area contributed by atoms with Gasteiger partial charge in [-0.2, -0.15) is 12.7 Å². The normalized spacial score (nSPS) is 11.8. The molecule has 0 saturated carbocycles. The molecule has 0 spiro atoms. The number of rotatable bonds is 11. The number of anilines is 2. The van der Waals surface area contributed by atoms with Gasteiger partial charge >= 0.3 is 10.2 Å². The molecular weight excluding hydrogens is 458 g/mol. The van der Waals surface area contributed by atoms with Crippen molar-refractivity contribution in [2.45, 2.75) is 13.3 Å². The summed E-state index contributed by atoms with van der Waals surface area (Å²) in [5.41, 5.74) is -1.22. The van der Waals surface area contributed by atoms with Gasteiger partial charge in [-0.15, -0.1) is 0 Å². The molecule has 0 aliphatic carbocycles. The molecule has 0 radical (unpaired) electrons. The monoisotopic (exact) mass is 482 g/mol. The van der Waals surface area contributed by atoms with E-state index in [2.05, 4.69) is 20.3 Å². The smallest absolute Gasteiger partial charge is 0.301 e. The summed E-state index contributed by atoms with van der Waals surface area (Å²) in [6.07, 6.45) is 3.22. The van der Waals surface area contributed by atoms with E-state index in [1.807, 2.05) is 4.72 Å². The minimum atomic E-state index is -4.09. The summed E-state index contributed by atoms with van der Waals surface area (Å²) in [5.74, 6) is -3.14. The first kappa shape index (κ1) is 24.5. The first-order valence-corrected chi connectivity index (χ1v) is 11.5. The fraction of sp³-hybridized carbons (Fsp3) is 0.350. The van der Waals surface area contributed by atoms with E-state index < -0.39 is 38.9 Å². The SMILES string of the molecule is CCN(C)S(=O)(=O)Nc1ccc(F)c(C(=O)c2c[nH]c3ncnc(NCCCOC)c23)c1F. The molecule has 178 valence electrons. The van der Waals surface area contributed by atoms with Crippen molar-refractivity contribution in [3.05, 3.63) is 47.4 Å². The highest BCUT2D eigenvalue weighted by Crippen LogP contribution is 2.29. The Hall–Kier alpha value is -3.16. The van der Waals surface area contributed by atoms with Crippen molar-refractivity contribution in [3.8, 4) is 0 Å². The highest BCUT2D eigenvalue weighted by Gasteiger charge is 2.27. The van der Waals surface area contributed by atoms with Crippen molar-refractivity contribution in [1.82, 2.24) is 19.3 Å². The molecule has 0 atom stereocenters. The lowest BCUT2D eigenvalue weighted by molar-refractivity contribution is 0.103. The van der Waals surface area contributed by atoms with Gasteiger partial charge in [0.05, 0.1) is 22.2 Å². The number of hydrogen-bond donors (Lipinski definition) is 3. The number of hydrogen-bond acceptors (Lipinski definition) is 7. The quantitative estimate of drug-likeness (QED) is 0.283. The second-order valence-electron chi connectivity index (χ2n) is 7.06. The number of halogens is 2. The molecule has 2 aromatic heterocycles. The lowest BCUT2D eigenvalue weighted by Gasteiger charge is -2.17. The van der Waals surface area contributed by atoms with Crippen molar-refractivity contribution in [3.63, 3.8) is 0 Å². The van der Waals surface area contributed by atoms with Crippen LogP contribution in [-0.4, -0.2) is 67.3 Å². The molecule has 3 aromatic rings. The van der Waals surface area contributed by atoms with Crippen LogP contribution in [0, 0.1) is 11.6 Å². The van der Waals surface area contributed by atoms with Gasteiger partial charge in [0, 0.05) is 40.1 Å². The molecule has 0 aliphatic rings. The fourth-order valence-corrected chi connectivity index (χ4v) is 3.99. The molecule has 0 aliphatic heterocycles. The summed E-state index contributed by atoms with van der Waals surface area (Å²) >= 11 is 0. The van der Waals surface area contributed by atoms with Crippen LogP contribution >= 0.6 is 0 Å². The molecule has 0 unspecified atom stereocenters. The fourth-order valence-electron chi connectivity index (χ4n) is 3.06. The topological polar surface area (TPSA) is 129 Å². The van der Waals surface area contributed by atoms with Gasteiger partial charge in [0.2, 0.25) is 5.78 Å². The van der Waals surface area contributed by atoms with Crippen LogP contribution in [-0.2, 0) is 14.9 Å². The Morgan fingerprint density at radius 1 is 1.27 bits per heavy atom. The summed E-state index contributed by atoms with van der Waals surface area (Å²) in [7, 11) is -1.22. The van der Waals surface area contributed by atoms with E-state index >= 15 is 4.39 Å². The zero-order chi connectivity index (χ0) is 24.2. The van der Waals surface area contributed by atoms with E-state index in [0.717, 1.165) is 16.4 Å². The van der Waals surface area contributed by atoms with Crippen LogP contribution in [0.15, 0.2) is 24.7 Å². The molecule has 0 saturated heterocycles. The van der Waals surface area contributed by atoms with Gasteiger partial charge in [0.1, 0.15) is 23.6 Å². The Morgan fingerprint density at radius 3 is 2.73 bits per heavy atom. The summed E-state index contributed by atoms with van der Waals surface area (Å²) in [6, 6.07) is 1.75. The van der Waals surface area contributed by atoms with Crippen LogP contribution in [0.2, 0.25) is 0 Å². The van der Waals surface area contributed by atoms with Gasteiger partial charge in [0.25, 0.3) is 0 Å². The number of aromatic nitrogens is 3. The van der Waals surface area contributed by atoms with Gasteiger partial charge in [-0.1, -0.05) is 6.92 Å². The van der Waals surface area contributed by atoms with Crippen molar-refractivity contribution in [1.29, 1.82) is 0 Å². The summed E-state index contributed by atoms with van der Waals surface area (Å²) < 4.78 is 62.3. The van der Waals surface area contributed by atoms with Gasteiger partial charge in [-0.25, -0.2) is 18.7 Å². The maximum Gasteiger partial charge on any atom is 0.301 e. The Bertz CT molecular complexity index is 1260. The number of nitrogens with one attached hydrogen (secondary N) is 3. The molecule has 33 heavy (non-hydrogen) atoms. The number of nitrogens with zero attached hydrogens (tertiary/aromatic N) is 3. The number of fused-ring (bicyclic) bond motifs is 1. The molecule has 1 aromatic carbocycles. The number of benzene rings is 1. The summed E-state index contributed by atoms with van der Waals surface area (Å²) in [6.45, 7) is 2.70. The highest BCUT2D eigenvalue weighted by molar-refractivity contribution is 7.90. The van der Waals surface area contributed by atoms with Crippen molar-refractivity contribution >= 4 is 38.5 Å². The number of carbonyl (C=O) groups is 1. The van der Waals surface area contributed by atoms with Gasteiger partial charge < -0.3 is 15.0 Å².